The first-order valence-electron chi connectivity index (χ1n) is 9.39. The number of hydrogen-bond acceptors (Lipinski definition) is 4. The summed E-state index contributed by atoms with van der Waals surface area (Å²) in [6.45, 7) is 0. The van der Waals surface area contributed by atoms with Crippen molar-refractivity contribution < 1.29 is 13.2 Å². The van der Waals surface area contributed by atoms with Gasteiger partial charge in [0.2, 0.25) is 10.0 Å². The van der Waals surface area contributed by atoms with Crippen LogP contribution >= 0.6 is 0 Å². The zero-order chi connectivity index (χ0) is 18.9. The van der Waals surface area contributed by atoms with Crippen LogP contribution in [-0.4, -0.2) is 25.2 Å². The van der Waals surface area contributed by atoms with Gasteiger partial charge in [0.05, 0.1) is 5.75 Å². The van der Waals surface area contributed by atoms with Crippen molar-refractivity contribution in [1.82, 2.24) is 9.71 Å². The SMILES string of the molecule is O=C(Nc1c2c(cc3c1CCC3)CCC2)NS(=O)(=O)CCc1ccncc1. The average Bonchev–Trinajstić information content (AvgIpc) is 3.29. The van der Waals surface area contributed by atoms with E-state index in [1.807, 2.05) is 0 Å². The largest absolute Gasteiger partial charge is 0.332 e. The summed E-state index contributed by atoms with van der Waals surface area (Å²) >= 11 is 0. The van der Waals surface area contributed by atoms with Crippen LogP contribution in [0.15, 0.2) is 30.6 Å². The van der Waals surface area contributed by atoms with E-state index >= 15 is 0 Å². The van der Waals surface area contributed by atoms with Crippen LogP contribution < -0.4 is 10.0 Å². The molecular weight excluding hydrogens is 362 g/mol. The molecular formula is C20H23N3O3S. The number of urea groups is 1. The Morgan fingerprint density at radius 2 is 1.63 bits per heavy atom. The van der Waals surface area contributed by atoms with Crippen LogP contribution in [0.4, 0.5) is 10.5 Å². The fraction of sp³-hybridized carbons (Fsp3) is 0.400. The highest BCUT2D eigenvalue weighted by atomic mass is 32.2. The second-order valence-electron chi connectivity index (χ2n) is 7.21. The summed E-state index contributed by atoms with van der Waals surface area (Å²) in [4.78, 5) is 16.3. The van der Waals surface area contributed by atoms with Gasteiger partial charge in [0.1, 0.15) is 0 Å². The second kappa shape index (κ2) is 7.31. The molecule has 1 heterocycles. The number of carbonyl (C=O) groups is 1. The molecule has 0 spiro atoms. The van der Waals surface area contributed by atoms with E-state index in [0.29, 0.717) is 6.42 Å². The summed E-state index contributed by atoms with van der Waals surface area (Å²) in [5.41, 5.74) is 6.67. The molecule has 7 heteroatoms. The van der Waals surface area contributed by atoms with Crippen LogP contribution in [0.5, 0.6) is 0 Å². The minimum atomic E-state index is -3.71. The molecule has 0 fully saturated rings. The van der Waals surface area contributed by atoms with Gasteiger partial charge in [0, 0.05) is 18.1 Å². The summed E-state index contributed by atoms with van der Waals surface area (Å²) in [5, 5.41) is 2.86. The van der Waals surface area contributed by atoms with E-state index in [1.165, 1.54) is 22.3 Å². The van der Waals surface area contributed by atoms with E-state index in [-0.39, 0.29) is 5.75 Å². The molecule has 1 aromatic carbocycles. The summed E-state index contributed by atoms with van der Waals surface area (Å²) in [7, 11) is -3.71. The van der Waals surface area contributed by atoms with Gasteiger partial charge >= 0.3 is 6.03 Å². The Bertz CT molecular complexity index is 939. The summed E-state index contributed by atoms with van der Waals surface area (Å²) < 4.78 is 26.7. The van der Waals surface area contributed by atoms with Gasteiger partial charge in [-0.15, -0.1) is 0 Å². The van der Waals surface area contributed by atoms with Gasteiger partial charge in [-0.2, -0.15) is 0 Å². The molecule has 0 bridgehead atoms. The maximum atomic E-state index is 12.4. The third kappa shape index (κ3) is 3.98. The van der Waals surface area contributed by atoms with Crippen molar-refractivity contribution in [2.45, 2.75) is 44.9 Å². The third-order valence-electron chi connectivity index (χ3n) is 5.37. The van der Waals surface area contributed by atoms with E-state index in [4.69, 9.17) is 0 Å². The molecule has 0 radical (unpaired) electrons. The molecule has 0 atom stereocenters. The van der Waals surface area contributed by atoms with Gasteiger partial charge in [0.15, 0.2) is 0 Å². The van der Waals surface area contributed by atoms with Gasteiger partial charge in [-0.05, 0) is 84.9 Å². The Labute approximate surface area is 159 Å². The number of nitrogens with zero attached hydrogens (tertiary/aromatic N) is 1. The molecule has 2 aromatic rings. The van der Waals surface area contributed by atoms with Gasteiger partial charge < -0.3 is 5.32 Å². The Morgan fingerprint density at radius 1 is 1.00 bits per heavy atom. The average molecular weight is 385 g/mol. The molecule has 1 aromatic heterocycles. The molecule has 0 saturated carbocycles. The minimum absolute atomic E-state index is 0.143. The van der Waals surface area contributed by atoms with Crippen molar-refractivity contribution in [3.05, 3.63) is 58.4 Å². The van der Waals surface area contributed by atoms with Crippen LogP contribution in [-0.2, 0) is 42.1 Å². The maximum Gasteiger partial charge on any atom is 0.332 e. The Morgan fingerprint density at radius 3 is 2.26 bits per heavy atom. The normalized spacial score (nSPS) is 15.3. The number of nitrogens with one attached hydrogen (secondary N) is 2. The van der Waals surface area contributed by atoms with Gasteiger partial charge in [-0.1, -0.05) is 6.07 Å². The fourth-order valence-electron chi connectivity index (χ4n) is 4.10. The number of pyridine rings is 1. The molecule has 2 aliphatic carbocycles. The molecule has 2 amide bonds. The van der Waals surface area contributed by atoms with Crippen LogP contribution in [0, 0.1) is 0 Å². The van der Waals surface area contributed by atoms with Crippen molar-refractivity contribution >= 4 is 21.7 Å². The van der Waals surface area contributed by atoms with Crippen LogP contribution in [0.1, 0.15) is 40.7 Å². The van der Waals surface area contributed by atoms with E-state index in [1.54, 1.807) is 24.5 Å². The van der Waals surface area contributed by atoms with Crippen molar-refractivity contribution in [2.24, 2.45) is 0 Å². The maximum absolute atomic E-state index is 12.4. The van der Waals surface area contributed by atoms with E-state index in [2.05, 4.69) is 21.1 Å². The quantitative estimate of drug-likeness (QED) is 0.828. The lowest BCUT2D eigenvalue weighted by molar-refractivity contribution is 0.256. The van der Waals surface area contributed by atoms with Crippen molar-refractivity contribution in [1.29, 1.82) is 0 Å². The Hall–Kier alpha value is -2.41. The monoisotopic (exact) mass is 385 g/mol. The standard InChI is InChI=1S/C20H23N3O3S/c24-20(23-27(25,26)12-9-14-7-10-21-11-8-14)22-19-17-5-1-3-15(17)13-16-4-2-6-18(16)19/h7-8,10-11,13H,1-6,9,12H2,(H2,22,23,24). The number of anilines is 1. The summed E-state index contributed by atoms with van der Waals surface area (Å²) in [5.74, 6) is -0.143. The molecule has 6 nitrogen and oxygen atoms in total. The Kier molecular flexibility index (Phi) is 4.86. The fourth-order valence-corrected chi connectivity index (χ4v) is 5.04. The molecule has 142 valence electrons. The molecule has 27 heavy (non-hydrogen) atoms. The van der Waals surface area contributed by atoms with Crippen LogP contribution in [0.2, 0.25) is 0 Å². The second-order valence-corrected chi connectivity index (χ2v) is 9.06. The topological polar surface area (TPSA) is 88.2 Å². The number of amides is 2. The number of aromatic nitrogens is 1. The number of rotatable bonds is 5. The first-order chi connectivity index (χ1) is 13.0. The number of benzene rings is 1. The molecule has 2 aliphatic rings. The van der Waals surface area contributed by atoms with Crippen LogP contribution in [0.3, 0.4) is 0 Å². The molecule has 2 N–H and O–H groups in total. The molecule has 0 saturated heterocycles. The van der Waals surface area contributed by atoms with Gasteiger partial charge in [-0.3, -0.25) is 4.98 Å². The lowest BCUT2D eigenvalue weighted by atomic mass is 9.99. The lowest BCUT2D eigenvalue weighted by Crippen LogP contribution is -2.36. The van der Waals surface area contributed by atoms with Crippen molar-refractivity contribution in [3.63, 3.8) is 0 Å². The van der Waals surface area contributed by atoms with E-state index < -0.39 is 16.1 Å². The smallest absolute Gasteiger partial charge is 0.307 e. The number of fused-ring (bicyclic) bond motifs is 2. The van der Waals surface area contributed by atoms with Crippen molar-refractivity contribution in [2.75, 3.05) is 11.1 Å². The summed E-state index contributed by atoms with van der Waals surface area (Å²) in [6, 6.07) is 5.15. The first kappa shape index (κ1) is 18.0. The van der Waals surface area contributed by atoms with E-state index in [9.17, 15) is 13.2 Å². The Balaban J connectivity index is 1.46. The predicted molar refractivity (Wildman–Crippen MR) is 104 cm³/mol. The van der Waals surface area contributed by atoms with Crippen molar-refractivity contribution in [3.8, 4) is 0 Å². The number of aryl methyl sites for hydroxylation is 3. The predicted octanol–water partition coefficient (Wildman–Crippen LogP) is 2.75. The van der Waals surface area contributed by atoms with E-state index in [0.717, 1.165) is 49.8 Å². The van der Waals surface area contributed by atoms with Gasteiger partial charge in [0.25, 0.3) is 0 Å². The molecule has 0 unspecified atom stereocenters. The zero-order valence-electron chi connectivity index (χ0n) is 15.1. The van der Waals surface area contributed by atoms with Gasteiger partial charge in [-0.25, -0.2) is 17.9 Å². The molecule has 0 aliphatic heterocycles. The van der Waals surface area contributed by atoms with Crippen LogP contribution in [0.25, 0.3) is 0 Å². The molecule has 4 rings (SSSR count). The highest BCUT2D eigenvalue weighted by Crippen LogP contribution is 2.38. The highest BCUT2D eigenvalue weighted by molar-refractivity contribution is 7.90. The third-order valence-corrected chi connectivity index (χ3v) is 6.61. The zero-order valence-corrected chi connectivity index (χ0v) is 15.9. The number of carbonyl (C=O) groups excluding carboxylic acids is 1. The lowest BCUT2D eigenvalue weighted by Gasteiger charge is -2.16. The highest BCUT2D eigenvalue weighted by Gasteiger charge is 2.25. The minimum Gasteiger partial charge on any atom is -0.307 e. The number of hydrogen-bond donors (Lipinski definition) is 2. The number of sulfonamides is 1. The first-order valence-corrected chi connectivity index (χ1v) is 11.0. The summed E-state index contributed by atoms with van der Waals surface area (Å²) in [6.07, 6.45) is 9.68.